The van der Waals surface area contributed by atoms with Crippen molar-refractivity contribution in [1.82, 2.24) is 0 Å². The molecule has 0 atom stereocenters. The van der Waals surface area contributed by atoms with Crippen molar-refractivity contribution in [2.24, 2.45) is 0 Å². The van der Waals surface area contributed by atoms with Gasteiger partial charge in [-0.1, -0.05) is 24.3 Å². The Morgan fingerprint density at radius 3 is 2.23 bits per heavy atom. The standard InChI is InChI=1S/C12H10O/c1-5-11-6-2-9(1)10-3-7-12(13-11)8-4-10/h1-9,11H. The predicted molar refractivity (Wildman–Crippen MR) is 51.9 cm³/mol. The van der Waals surface area contributed by atoms with Crippen LogP contribution in [-0.2, 0) is 0 Å². The molecule has 1 aliphatic carbocycles. The van der Waals surface area contributed by atoms with Crippen LogP contribution in [0.3, 0.4) is 0 Å². The molecule has 5 aliphatic rings. The second-order valence-electron chi connectivity index (χ2n) is 3.45. The quantitative estimate of drug-likeness (QED) is 0.544. The monoisotopic (exact) mass is 170 g/mol. The average molecular weight is 170 g/mol. The Balaban J connectivity index is 2.20. The molecule has 64 valence electrons. The molecule has 4 aliphatic heterocycles. The third kappa shape index (κ3) is 1.08. The molecule has 1 nitrogen and oxygen atoms in total. The van der Waals surface area contributed by atoms with Gasteiger partial charge in [-0.25, -0.2) is 0 Å². The molecule has 0 spiro atoms. The number of ether oxygens (including phenoxy) is 1. The van der Waals surface area contributed by atoms with E-state index < -0.39 is 0 Å². The molecular formula is C12H10O. The zero-order valence-electron chi connectivity index (χ0n) is 7.18. The van der Waals surface area contributed by atoms with E-state index >= 15 is 0 Å². The fourth-order valence-corrected chi connectivity index (χ4v) is 1.81. The van der Waals surface area contributed by atoms with Crippen molar-refractivity contribution in [2.75, 3.05) is 0 Å². The Bertz CT molecular complexity index is 359. The van der Waals surface area contributed by atoms with Crippen molar-refractivity contribution in [1.29, 1.82) is 0 Å². The normalized spacial score (nSPS) is 28.0. The van der Waals surface area contributed by atoms with Crippen molar-refractivity contribution in [3.8, 4) is 5.75 Å². The topological polar surface area (TPSA) is 9.23 Å². The van der Waals surface area contributed by atoms with Crippen molar-refractivity contribution in [2.45, 2.75) is 12.0 Å². The molecule has 1 aromatic carbocycles. The van der Waals surface area contributed by atoms with Crippen LogP contribution < -0.4 is 4.74 Å². The molecular weight excluding hydrogens is 160 g/mol. The van der Waals surface area contributed by atoms with Crippen molar-refractivity contribution >= 4 is 0 Å². The van der Waals surface area contributed by atoms with E-state index in [9.17, 15) is 0 Å². The van der Waals surface area contributed by atoms with Gasteiger partial charge in [0.25, 0.3) is 0 Å². The SMILES string of the molecule is C1=CC2C=CC1Oc1ccc2cc1. The van der Waals surface area contributed by atoms with Crippen LogP contribution in [0.2, 0.25) is 0 Å². The zero-order valence-corrected chi connectivity index (χ0v) is 7.18. The first-order valence-electron chi connectivity index (χ1n) is 4.55. The van der Waals surface area contributed by atoms with Gasteiger partial charge in [-0.3, -0.25) is 0 Å². The van der Waals surface area contributed by atoms with E-state index in [2.05, 4.69) is 36.4 Å². The van der Waals surface area contributed by atoms with Gasteiger partial charge in [-0.2, -0.15) is 0 Å². The lowest BCUT2D eigenvalue weighted by atomic mass is 9.95. The van der Waals surface area contributed by atoms with E-state index in [1.54, 1.807) is 0 Å². The highest BCUT2D eigenvalue weighted by atomic mass is 16.5. The number of hydrogen-bond donors (Lipinski definition) is 0. The number of rotatable bonds is 0. The largest absolute Gasteiger partial charge is 0.482 e. The van der Waals surface area contributed by atoms with E-state index in [1.165, 1.54) is 5.56 Å². The third-order valence-corrected chi connectivity index (χ3v) is 2.55. The molecule has 4 bridgehead atoms. The summed E-state index contributed by atoms with van der Waals surface area (Å²) in [5, 5.41) is 0. The van der Waals surface area contributed by atoms with E-state index in [-0.39, 0.29) is 6.10 Å². The molecule has 1 heteroatoms. The summed E-state index contributed by atoms with van der Waals surface area (Å²) in [6, 6.07) is 8.33. The number of benzene rings is 1. The van der Waals surface area contributed by atoms with Gasteiger partial charge in [0.2, 0.25) is 0 Å². The van der Waals surface area contributed by atoms with Gasteiger partial charge in [-0.05, 0) is 29.8 Å². The Morgan fingerprint density at radius 1 is 0.846 bits per heavy atom. The van der Waals surface area contributed by atoms with E-state index in [1.807, 2.05) is 12.1 Å². The summed E-state index contributed by atoms with van der Waals surface area (Å²) in [6.07, 6.45) is 8.75. The summed E-state index contributed by atoms with van der Waals surface area (Å²) in [5.41, 5.74) is 1.33. The van der Waals surface area contributed by atoms with Crippen LogP contribution in [0.1, 0.15) is 11.5 Å². The molecule has 0 saturated carbocycles. The summed E-state index contributed by atoms with van der Waals surface area (Å²) in [6.45, 7) is 0. The lowest BCUT2D eigenvalue weighted by Gasteiger charge is -2.14. The van der Waals surface area contributed by atoms with Crippen molar-refractivity contribution < 1.29 is 4.74 Å². The Kier molecular flexibility index (Phi) is 1.33. The molecule has 13 heavy (non-hydrogen) atoms. The highest BCUT2D eigenvalue weighted by molar-refractivity contribution is 5.39. The molecule has 6 rings (SSSR count). The van der Waals surface area contributed by atoms with Gasteiger partial charge >= 0.3 is 0 Å². The first-order valence-corrected chi connectivity index (χ1v) is 4.55. The number of hydrogen-bond acceptors (Lipinski definition) is 1. The van der Waals surface area contributed by atoms with Gasteiger partial charge < -0.3 is 4.74 Å². The van der Waals surface area contributed by atoms with Gasteiger partial charge in [0, 0.05) is 5.92 Å². The van der Waals surface area contributed by atoms with E-state index in [0.29, 0.717) is 5.92 Å². The Hall–Kier alpha value is -1.50. The lowest BCUT2D eigenvalue weighted by Crippen LogP contribution is -2.12. The van der Waals surface area contributed by atoms with Gasteiger partial charge in [0.05, 0.1) is 0 Å². The first kappa shape index (κ1) is 6.96. The van der Waals surface area contributed by atoms with Crippen LogP contribution in [0.15, 0.2) is 48.6 Å². The molecule has 0 saturated heterocycles. The average Bonchev–Trinajstić information content (AvgIpc) is 2.39. The fraction of sp³-hybridized carbons (Fsp3) is 0.167. The first-order chi connectivity index (χ1) is 6.42. The van der Waals surface area contributed by atoms with Crippen molar-refractivity contribution in [3.63, 3.8) is 0 Å². The molecule has 0 radical (unpaired) electrons. The van der Waals surface area contributed by atoms with E-state index in [4.69, 9.17) is 4.74 Å². The molecule has 0 aromatic heterocycles. The summed E-state index contributed by atoms with van der Waals surface area (Å²) in [4.78, 5) is 0. The summed E-state index contributed by atoms with van der Waals surface area (Å²) >= 11 is 0. The molecule has 1 aromatic rings. The minimum absolute atomic E-state index is 0.123. The molecule has 4 heterocycles. The lowest BCUT2D eigenvalue weighted by molar-refractivity contribution is 0.295. The Labute approximate surface area is 77.3 Å². The van der Waals surface area contributed by atoms with Crippen LogP contribution in [-0.4, -0.2) is 6.10 Å². The Morgan fingerprint density at radius 2 is 1.54 bits per heavy atom. The highest BCUT2D eigenvalue weighted by Gasteiger charge is 2.15. The maximum absolute atomic E-state index is 5.70. The smallest absolute Gasteiger partial charge is 0.135 e. The van der Waals surface area contributed by atoms with Gasteiger partial charge in [0.1, 0.15) is 11.9 Å². The third-order valence-electron chi connectivity index (χ3n) is 2.55. The van der Waals surface area contributed by atoms with Gasteiger partial charge in [0.15, 0.2) is 0 Å². The fourth-order valence-electron chi connectivity index (χ4n) is 1.81. The van der Waals surface area contributed by atoms with Crippen LogP contribution in [0.4, 0.5) is 0 Å². The van der Waals surface area contributed by atoms with Crippen LogP contribution >= 0.6 is 0 Å². The molecule has 0 N–H and O–H groups in total. The summed E-state index contributed by atoms with van der Waals surface area (Å²) in [5.74, 6) is 1.39. The van der Waals surface area contributed by atoms with Gasteiger partial charge in [-0.15, -0.1) is 0 Å². The number of allylic oxidation sites excluding steroid dienone is 2. The maximum Gasteiger partial charge on any atom is 0.135 e. The summed E-state index contributed by atoms with van der Waals surface area (Å²) < 4.78 is 5.70. The van der Waals surface area contributed by atoms with E-state index in [0.717, 1.165) is 5.75 Å². The summed E-state index contributed by atoms with van der Waals surface area (Å²) in [7, 11) is 0. The predicted octanol–water partition coefficient (Wildman–Crippen LogP) is 2.66. The second kappa shape index (κ2) is 2.49. The molecule has 0 fully saturated rings. The van der Waals surface area contributed by atoms with Crippen LogP contribution in [0.5, 0.6) is 5.75 Å². The molecule has 0 amide bonds. The van der Waals surface area contributed by atoms with Crippen LogP contribution in [0, 0.1) is 0 Å². The molecule has 0 unspecified atom stereocenters. The minimum atomic E-state index is 0.123. The maximum atomic E-state index is 5.70. The second-order valence-corrected chi connectivity index (χ2v) is 3.45. The minimum Gasteiger partial charge on any atom is -0.482 e. The highest BCUT2D eigenvalue weighted by Crippen LogP contribution is 2.28. The van der Waals surface area contributed by atoms with Crippen molar-refractivity contribution in [3.05, 3.63) is 54.1 Å². The zero-order chi connectivity index (χ0) is 8.67. The van der Waals surface area contributed by atoms with Crippen LogP contribution in [0.25, 0.3) is 0 Å².